The first kappa shape index (κ1) is 14.5. The van der Waals surface area contributed by atoms with Crippen LogP contribution in [0.15, 0.2) is 6.07 Å². The van der Waals surface area contributed by atoms with Gasteiger partial charge < -0.3 is 4.74 Å². The minimum atomic E-state index is 0.261. The number of thiophene rings is 1. The van der Waals surface area contributed by atoms with Gasteiger partial charge in [-0.15, -0.1) is 11.3 Å². The predicted molar refractivity (Wildman–Crippen MR) is 81.4 cm³/mol. The Bertz CT molecular complexity index is 552. The van der Waals surface area contributed by atoms with E-state index in [4.69, 9.17) is 16.3 Å². The van der Waals surface area contributed by atoms with Gasteiger partial charge in [-0.1, -0.05) is 33.6 Å². The molecule has 0 aliphatic heterocycles. The number of hydrogen-bond acceptors (Lipinski definition) is 4. The standard InChI is InChI=1S/C14H19ClN2OS/c1-4-9(5-2)8-18-12-11-7-10(6-3)19-13(11)17-14(15)16-12/h7,9H,4-6,8H2,1-3H3. The molecule has 2 aromatic rings. The van der Waals surface area contributed by atoms with Crippen LogP contribution in [0.25, 0.3) is 10.2 Å². The molecule has 2 aromatic heterocycles. The number of ether oxygens (including phenoxy) is 1. The van der Waals surface area contributed by atoms with Crippen LogP contribution in [0.3, 0.4) is 0 Å². The van der Waals surface area contributed by atoms with Gasteiger partial charge in [-0.3, -0.25) is 0 Å². The summed E-state index contributed by atoms with van der Waals surface area (Å²) in [4.78, 5) is 10.7. The Morgan fingerprint density at radius 3 is 2.63 bits per heavy atom. The van der Waals surface area contributed by atoms with Crippen molar-refractivity contribution in [1.82, 2.24) is 9.97 Å². The van der Waals surface area contributed by atoms with E-state index in [0.717, 1.165) is 29.5 Å². The molecule has 19 heavy (non-hydrogen) atoms. The molecule has 2 heterocycles. The van der Waals surface area contributed by atoms with Gasteiger partial charge in [0.15, 0.2) is 0 Å². The third-order valence-electron chi connectivity index (χ3n) is 3.34. The maximum absolute atomic E-state index is 5.96. The van der Waals surface area contributed by atoms with Crippen LogP contribution in [0.1, 0.15) is 38.5 Å². The fraction of sp³-hybridized carbons (Fsp3) is 0.571. The fourth-order valence-electron chi connectivity index (χ4n) is 1.93. The second-order valence-corrected chi connectivity index (χ2v) is 6.03. The number of rotatable bonds is 6. The molecule has 0 atom stereocenters. The van der Waals surface area contributed by atoms with E-state index in [-0.39, 0.29) is 5.28 Å². The Morgan fingerprint density at radius 2 is 2.00 bits per heavy atom. The molecule has 0 radical (unpaired) electrons. The van der Waals surface area contributed by atoms with Crippen molar-refractivity contribution in [2.75, 3.05) is 6.61 Å². The first-order chi connectivity index (χ1) is 9.17. The van der Waals surface area contributed by atoms with Crippen LogP contribution >= 0.6 is 22.9 Å². The van der Waals surface area contributed by atoms with Gasteiger partial charge in [0.25, 0.3) is 0 Å². The maximum Gasteiger partial charge on any atom is 0.227 e. The zero-order chi connectivity index (χ0) is 13.8. The van der Waals surface area contributed by atoms with E-state index < -0.39 is 0 Å². The Morgan fingerprint density at radius 1 is 1.26 bits per heavy atom. The highest BCUT2D eigenvalue weighted by molar-refractivity contribution is 7.18. The van der Waals surface area contributed by atoms with E-state index >= 15 is 0 Å². The molecule has 5 heteroatoms. The predicted octanol–water partition coefficient (Wildman–Crippen LogP) is 4.72. The summed E-state index contributed by atoms with van der Waals surface area (Å²) in [7, 11) is 0. The molecule has 0 aliphatic rings. The largest absolute Gasteiger partial charge is 0.477 e. The zero-order valence-electron chi connectivity index (χ0n) is 11.6. The Labute approximate surface area is 123 Å². The molecular weight excluding hydrogens is 280 g/mol. The monoisotopic (exact) mass is 298 g/mol. The Kier molecular flexibility index (Phi) is 4.99. The minimum Gasteiger partial charge on any atom is -0.477 e. The molecule has 0 saturated carbocycles. The number of aryl methyl sites for hydroxylation is 1. The smallest absolute Gasteiger partial charge is 0.227 e. The fourth-order valence-corrected chi connectivity index (χ4v) is 3.09. The zero-order valence-corrected chi connectivity index (χ0v) is 13.1. The maximum atomic E-state index is 5.96. The molecule has 0 fully saturated rings. The lowest BCUT2D eigenvalue weighted by atomic mass is 10.1. The van der Waals surface area contributed by atoms with E-state index in [1.807, 2.05) is 0 Å². The van der Waals surface area contributed by atoms with Crippen molar-refractivity contribution >= 4 is 33.2 Å². The molecule has 0 bridgehead atoms. The summed E-state index contributed by atoms with van der Waals surface area (Å²) in [5, 5.41) is 1.24. The molecule has 2 rings (SSSR count). The summed E-state index contributed by atoms with van der Waals surface area (Å²) in [6.45, 7) is 7.18. The number of aromatic nitrogens is 2. The van der Waals surface area contributed by atoms with Crippen molar-refractivity contribution in [3.8, 4) is 5.88 Å². The quantitative estimate of drug-likeness (QED) is 0.724. The van der Waals surface area contributed by atoms with E-state index in [1.165, 1.54) is 4.88 Å². The molecule has 0 saturated heterocycles. The summed E-state index contributed by atoms with van der Waals surface area (Å²) < 4.78 is 5.87. The van der Waals surface area contributed by atoms with Gasteiger partial charge >= 0.3 is 0 Å². The highest BCUT2D eigenvalue weighted by Crippen LogP contribution is 2.32. The van der Waals surface area contributed by atoms with E-state index in [9.17, 15) is 0 Å². The number of halogens is 1. The van der Waals surface area contributed by atoms with Crippen molar-refractivity contribution in [1.29, 1.82) is 0 Å². The lowest BCUT2D eigenvalue weighted by Gasteiger charge is -2.13. The second-order valence-electron chi connectivity index (χ2n) is 4.58. The third-order valence-corrected chi connectivity index (χ3v) is 4.68. The van der Waals surface area contributed by atoms with Crippen LogP contribution < -0.4 is 4.74 Å². The lowest BCUT2D eigenvalue weighted by Crippen LogP contribution is -2.11. The summed E-state index contributed by atoms with van der Waals surface area (Å²) in [5.41, 5.74) is 0. The average Bonchev–Trinajstić information content (AvgIpc) is 2.82. The third kappa shape index (κ3) is 3.37. The van der Waals surface area contributed by atoms with Crippen molar-refractivity contribution < 1.29 is 4.74 Å². The first-order valence-electron chi connectivity index (χ1n) is 6.76. The van der Waals surface area contributed by atoms with Gasteiger partial charge in [0, 0.05) is 4.88 Å². The minimum absolute atomic E-state index is 0.261. The lowest BCUT2D eigenvalue weighted by molar-refractivity contribution is 0.235. The second kappa shape index (κ2) is 6.53. The highest BCUT2D eigenvalue weighted by Gasteiger charge is 2.13. The molecule has 3 nitrogen and oxygen atoms in total. The van der Waals surface area contributed by atoms with Crippen molar-refractivity contribution in [2.45, 2.75) is 40.0 Å². The molecule has 0 aromatic carbocycles. The highest BCUT2D eigenvalue weighted by atomic mass is 35.5. The number of nitrogens with zero attached hydrogens (tertiary/aromatic N) is 2. The van der Waals surface area contributed by atoms with Crippen molar-refractivity contribution in [3.63, 3.8) is 0 Å². The van der Waals surface area contributed by atoms with Crippen LogP contribution in [0.4, 0.5) is 0 Å². The van der Waals surface area contributed by atoms with Gasteiger partial charge in [-0.2, -0.15) is 4.98 Å². The van der Waals surface area contributed by atoms with E-state index in [0.29, 0.717) is 18.4 Å². The Balaban J connectivity index is 2.28. The van der Waals surface area contributed by atoms with Crippen LogP contribution in [-0.4, -0.2) is 16.6 Å². The van der Waals surface area contributed by atoms with Crippen molar-refractivity contribution in [2.24, 2.45) is 5.92 Å². The molecule has 104 valence electrons. The molecule has 0 unspecified atom stereocenters. The van der Waals surface area contributed by atoms with E-state index in [1.54, 1.807) is 11.3 Å². The topological polar surface area (TPSA) is 35.0 Å². The number of fused-ring (bicyclic) bond motifs is 1. The van der Waals surface area contributed by atoms with Crippen LogP contribution in [0.5, 0.6) is 5.88 Å². The first-order valence-corrected chi connectivity index (χ1v) is 7.96. The van der Waals surface area contributed by atoms with E-state index in [2.05, 4.69) is 36.8 Å². The number of hydrogen-bond donors (Lipinski definition) is 0. The molecule has 0 amide bonds. The van der Waals surface area contributed by atoms with Crippen LogP contribution in [0, 0.1) is 5.92 Å². The molecule has 0 aliphatic carbocycles. The summed E-state index contributed by atoms with van der Waals surface area (Å²) in [6, 6.07) is 2.11. The van der Waals surface area contributed by atoms with Gasteiger partial charge in [0.05, 0.1) is 12.0 Å². The molecule has 0 N–H and O–H groups in total. The van der Waals surface area contributed by atoms with Gasteiger partial charge in [-0.25, -0.2) is 4.98 Å². The molecular formula is C14H19ClN2OS. The SMILES string of the molecule is CCc1cc2c(OCC(CC)CC)nc(Cl)nc2s1. The summed E-state index contributed by atoms with van der Waals surface area (Å²) >= 11 is 7.62. The molecule has 0 spiro atoms. The summed E-state index contributed by atoms with van der Waals surface area (Å²) in [6.07, 6.45) is 3.22. The summed E-state index contributed by atoms with van der Waals surface area (Å²) in [5.74, 6) is 1.19. The van der Waals surface area contributed by atoms with Gasteiger partial charge in [0.2, 0.25) is 11.2 Å². The van der Waals surface area contributed by atoms with Gasteiger partial charge in [0.1, 0.15) is 4.83 Å². The van der Waals surface area contributed by atoms with Crippen LogP contribution in [0.2, 0.25) is 5.28 Å². The normalized spacial score (nSPS) is 11.4. The Hall–Kier alpha value is -0.870. The van der Waals surface area contributed by atoms with Crippen molar-refractivity contribution in [3.05, 3.63) is 16.2 Å². The van der Waals surface area contributed by atoms with Gasteiger partial charge in [-0.05, 0) is 30.0 Å². The van der Waals surface area contributed by atoms with Crippen LogP contribution in [-0.2, 0) is 6.42 Å². The average molecular weight is 299 g/mol.